The third-order valence-corrected chi connectivity index (χ3v) is 5.04. The molecule has 0 bridgehead atoms. The number of rotatable bonds is 6. The highest BCUT2D eigenvalue weighted by molar-refractivity contribution is 5.98. The van der Waals surface area contributed by atoms with Crippen LogP contribution in [0.1, 0.15) is 46.3 Å². The van der Waals surface area contributed by atoms with Gasteiger partial charge in [-0.3, -0.25) is 4.79 Å². The molecule has 0 saturated carbocycles. The lowest BCUT2D eigenvalue weighted by molar-refractivity contribution is 0.0981. The quantitative estimate of drug-likeness (QED) is 0.517. The number of Topliss-reactive ketones (excluding diaryl/α,β-unsaturated/α-hetero) is 1. The Labute approximate surface area is 165 Å². The van der Waals surface area contributed by atoms with Crippen molar-refractivity contribution >= 4 is 5.78 Å². The molecule has 0 spiro atoms. The maximum Gasteiger partial charge on any atom is 0.163 e. The van der Waals surface area contributed by atoms with Gasteiger partial charge in [0.15, 0.2) is 17.3 Å². The third-order valence-electron chi connectivity index (χ3n) is 5.04. The minimum absolute atomic E-state index is 0.201. The number of carbonyl (C=O) groups excluding carboxylic acids is 1. The van der Waals surface area contributed by atoms with E-state index in [2.05, 4.69) is 0 Å². The van der Waals surface area contributed by atoms with E-state index >= 15 is 0 Å². The molecule has 0 unspecified atom stereocenters. The Kier molecular flexibility index (Phi) is 5.72. The van der Waals surface area contributed by atoms with Crippen molar-refractivity contribution < 1.29 is 14.3 Å². The summed E-state index contributed by atoms with van der Waals surface area (Å²) >= 11 is 0. The van der Waals surface area contributed by atoms with Gasteiger partial charge in [-0.15, -0.1) is 0 Å². The molecule has 3 heteroatoms. The summed E-state index contributed by atoms with van der Waals surface area (Å²) in [5.41, 5.74) is 4.03. The van der Waals surface area contributed by atoms with E-state index in [0.717, 1.165) is 41.5 Å². The fourth-order valence-electron chi connectivity index (χ4n) is 3.50. The molecule has 0 heterocycles. The summed E-state index contributed by atoms with van der Waals surface area (Å²) in [4.78, 5) is 12.5. The Morgan fingerprint density at radius 2 is 1.21 bits per heavy atom. The molecule has 0 aliphatic heterocycles. The molecule has 1 aliphatic carbocycles. The average Bonchev–Trinajstić information content (AvgIpc) is 2.93. The van der Waals surface area contributed by atoms with Gasteiger partial charge in [0, 0.05) is 12.0 Å². The second-order valence-electron chi connectivity index (χ2n) is 7.13. The first kappa shape index (κ1) is 18.3. The molecule has 0 amide bonds. The van der Waals surface area contributed by atoms with Crippen LogP contribution in [0.5, 0.6) is 11.5 Å². The second kappa shape index (κ2) is 8.75. The predicted octanol–water partition coefficient (Wildman–Crippen LogP) is 5.75. The molecule has 0 fully saturated rings. The molecule has 28 heavy (non-hydrogen) atoms. The predicted molar refractivity (Wildman–Crippen MR) is 110 cm³/mol. The van der Waals surface area contributed by atoms with E-state index in [1.807, 2.05) is 72.8 Å². The summed E-state index contributed by atoms with van der Waals surface area (Å²) in [6, 6.07) is 24.0. The van der Waals surface area contributed by atoms with Gasteiger partial charge in [-0.1, -0.05) is 60.7 Å². The van der Waals surface area contributed by atoms with Crippen LogP contribution in [0, 0.1) is 0 Å². The molecule has 0 aromatic heterocycles. The van der Waals surface area contributed by atoms with Gasteiger partial charge < -0.3 is 9.47 Å². The second-order valence-corrected chi connectivity index (χ2v) is 7.13. The normalized spacial score (nSPS) is 13.5. The van der Waals surface area contributed by atoms with Crippen molar-refractivity contribution in [2.75, 3.05) is 0 Å². The summed E-state index contributed by atoms with van der Waals surface area (Å²) in [7, 11) is 0. The van der Waals surface area contributed by atoms with E-state index in [4.69, 9.17) is 9.47 Å². The number of ketones is 1. The molecule has 3 aromatic carbocycles. The van der Waals surface area contributed by atoms with Crippen LogP contribution in [0.25, 0.3) is 0 Å². The lowest BCUT2D eigenvalue weighted by Crippen LogP contribution is -2.05. The molecule has 0 saturated heterocycles. The van der Waals surface area contributed by atoms with Gasteiger partial charge in [-0.25, -0.2) is 0 Å². The SMILES string of the molecule is O=C1CCCCc2cc(OCc3ccccc3)c(OCc3ccccc3)cc21. The summed E-state index contributed by atoms with van der Waals surface area (Å²) in [6.45, 7) is 0.908. The first-order valence-electron chi connectivity index (χ1n) is 9.83. The van der Waals surface area contributed by atoms with Gasteiger partial charge in [-0.2, -0.15) is 0 Å². The number of ether oxygens (including phenoxy) is 2. The Hall–Kier alpha value is -3.07. The van der Waals surface area contributed by atoms with Crippen LogP contribution < -0.4 is 9.47 Å². The standard InChI is InChI=1S/C25H24O3/c26-23-14-8-7-13-21-15-24(27-17-19-9-3-1-4-10-19)25(16-22(21)23)28-18-20-11-5-2-6-12-20/h1-6,9-12,15-16H,7-8,13-14,17-18H2. The topological polar surface area (TPSA) is 35.5 Å². The van der Waals surface area contributed by atoms with Gasteiger partial charge in [-0.05, 0) is 48.1 Å². The van der Waals surface area contributed by atoms with E-state index in [9.17, 15) is 4.79 Å². The first-order chi connectivity index (χ1) is 13.8. The molecule has 0 N–H and O–H groups in total. The smallest absolute Gasteiger partial charge is 0.163 e. The van der Waals surface area contributed by atoms with E-state index in [1.54, 1.807) is 0 Å². The van der Waals surface area contributed by atoms with E-state index in [-0.39, 0.29) is 5.78 Å². The number of carbonyl (C=O) groups is 1. The Balaban J connectivity index is 1.61. The number of fused-ring (bicyclic) bond motifs is 1. The molecular formula is C25H24O3. The lowest BCUT2D eigenvalue weighted by atomic mass is 10.0. The van der Waals surface area contributed by atoms with Crippen molar-refractivity contribution in [3.05, 3.63) is 95.1 Å². The summed E-state index contributed by atoms with van der Waals surface area (Å²) < 4.78 is 12.2. The van der Waals surface area contributed by atoms with E-state index in [1.165, 1.54) is 0 Å². The largest absolute Gasteiger partial charge is 0.485 e. The number of hydrogen-bond acceptors (Lipinski definition) is 3. The van der Waals surface area contributed by atoms with Gasteiger partial charge >= 0.3 is 0 Å². The highest BCUT2D eigenvalue weighted by Gasteiger charge is 2.20. The Morgan fingerprint density at radius 1 is 0.679 bits per heavy atom. The van der Waals surface area contributed by atoms with Crippen LogP contribution >= 0.6 is 0 Å². The van der Waals surface area contributed by atoms with Crippen molar-refractivity contribution in [3.8, 4) is 11.5 Å². The van der Waals surface area contributed by atoms with Crippen LogP contribution in [-0.2, 0) is 19.6 Å². The van der Waals surface area contributed by atoms with Crippen LogP contribution in [0.15, 0.2) is 72.8 Å². The molecule has 3 nitrogen and oxygen atoms in total. The third kappa shape index (κ3) is 4.42. The van der Waals surface area contributed by atoms with E-state index < -0.39 is 0 Å². The van der Waals surface area contributed by atoms with Gasteiger partial charge in [0.25, 0.3) is 0 Å². The fraction of sp³-hybridized carbons (Fsp3) is 0.240. The zero-order chi connectivity index (χ0) is 19.2. The average molecular weight is 372 g/mol. The van der Waals surface area contributed by atoms with Crippen molar-refractivity contribution in [1.82, 2.24) is 0 Å². The molecule has 3 aromatic rings. The van der Waals surface area contributed by atoms with Crippen LogP contribution in [-0.4, -0.2) is 5.78 Å². The molecular weight excluding hydrogens is 348 g/mol. The molecule has 142 valence electrons. The maximum absolute atomic E-state index is 12.5. The number of benzene rings is 3. The van der Waals surface area contributed by atoms with Crippen molar-refractivity contribution in [2.45, 2.75) is 38.9 Å². The first-order valence-corrected chi connectivity index (χ1v) is 9.83. The van der Waals surface area contributed by atoms with Crippen molar-refractivity contribution in [1.29, 1.82) is 0 Å². The highest BCUT2D eigenvalue weighted by Crippen LogP contribution is 2.35. The lowest BCUT2D eigenvalue weighted by Gasteiger charge is -2.16. The number of hydrogen-bond donors (Lipinski definition) is 0. The van der Waals surface area contributed by atoms with Crippen molar-refractivity contribution in [2.24, 2.45) is 0 Å². The molecule has 0 radical (unpaired) electrons. The monoisotopic (exact) mass is 372 g/mol. The van der Waals surface area contributed by atoms with Crippen LogP contribution in [0.3, 0.4) is 0 Å². The number of aryl methyl sites for hydroxylation is 1. The van der Waals surface area contributed by atoms with Gasteiger partial charge in [0.2, 0.25) is 0 Å². The zero-order valence-corrected chi connectivity index (χ0v) is 15.9. The Bertz CT molecular complexity index is 933. The van der Waals surface area contributed by atoms with Crippen molar-refractivity contribution in [3.63, 3.8) is 0 Å². The Morgan fingerprint density at radius 3 is 1.82 bits per heavy atom. The molecule has 0 atom stereocenters. The summed E-state index contributed by atoms with van der Waals surface area (Å²) in [5, 5.41) is 0. The summed E-state index contributed by atoms with van der Waals surface area (Å²) in [5.74, 6) is 1.54. The van der Waals surface area contributed by atoms with Gasteiger partial charge in [0.1, 0.15) is 13.2 Å². The molecule has 4 rings (SSSR count). The highest BCUT2D eigenvalue weighted by atomic mass is 16.5. The van der Waals surface area contributed by atoms with Crippen LogP contribution in [0.4, 0.5) is 0 Å². The maximum atomic E-state index is 12.5. The molecule has 1 aliphatic rings. The van der Waals surface area contributed by atoms with E-state index in [0.29, 0.717) is 31.1 Å². The minimum Gasteiger partial charge on any atom is -0.485 e. The fourth-order valence-corrected chi connectivity index (χ4v) is 3.50. The van der Waals surface area contributed by atoms with Gasteiger partial charge in [0.05, 0.1) is 0 Å². The zero-order valence-electron chi connectivity index (χ0n) is 15.9. The minimum atomic E-state index is 0.201. The summed E-state index contributed by atoms with van der Waals surface area (Å²) in [6.07, 6.45) is 3.48. The van der Waals surface area contributed by atoms with Crippen LogP contribution in [0.2, 0.25) is 0 Å².